The van der Waals surface area contributed by atoms with Gasteiger partial charge in [-0.25, -0.2) is 4.39 Å². The fourth-order valence-corrected chi connectivity index (χ4v) is 2.63. The van der Waals surface area contributed by atoms with E-state index in [4.69, 9.17) is 21.1 Å². The molecule has 1 heterocycles. The molecule has 0 spiro atoms. The van der Waals surface area contributed by atoms with Gasteiger partial charge in [0.1, 0.15) is 18.2 Å². The molecule has 0 aromatic heterocycles. The van der Waals surface area contributed by atoms with Crippen LogP contribution < -0.4 is 10.1 Å². The molecule has 1 aliphatic rings. The Balaban J connectivity index is 1.57. The van der Waals surface area contributed by atoms with Crippen molar-refractivity contribution in [3.8, 4) is 5.75 Å². The average Bonchev–Trinajstić information content (AvgIpc) is 3.10. The van der Waals surface area contributed by atoms with Crippen LogP contribution in [0.5, 0.6) is 5.75 Å². The molecular weight excluding hydrogens is 333 g/mol. The highest BCUT2D eigenvalue weighted by Gasteiger charge is 2.16. The fraction of sp³-hybridized carbons (Fsp3) is 0.278. The van der Waals surface area contributed by atoms with Crippen LogP contribution in [0.2, 0.25) is 5.02 Å². The smallest absolute Gasteiger partial charge is 0.255 e. The van der Waals surface area contributed by atoms with Crippen LogP contribution in [0.3, 0.4) is 0 Å². The molecule has 4 nitrogen and oxygen atoms in total. The van der Waals surface area contributed by atoms with E-state index in [1.54, 1.807) is 24.3 Å². The van der Waals surface area contributed by atoms with E-state index in [-0.39, 0.29) is 17.0 Å². The Morgan fingerprint density at radius 1 is 1.29 bits per heavy atom. The van der Waals surface area contributed by atoms with E-state index in [0.717, 1.165) is 19.4 Å². The zero-order valence-corrected chi connectivity index (χ0v) is 13.7. The molecule has 0 unspecified atom stereocenters. The summed E-state index contributed by atoms with van der Waals surface area (Å²) in [6.07, 6.45) is 2.23. The quantitative estimate of drug-likeness (QED) is 0.876. The molecule has 1 fully saturated rings. The lowest BCUT2D eigenvalue weighted by atomic mass is 10.2. The van der Waals surface area contributed by atoms with Crippen LogP contribution in [0, 0.1) is 5.82 Å². The number of ether oxygens (including phenoxy) is 2. The van der Waals surface area contributed by atoms with Crippen molar-refractivity contribution >= 4 is 23.2 Å². The van der Waals surface area contributed by atoms with Crippen LogP contribution >= 0.6 is 11.6 Å². The minimum atomic E-state index is -0.526. The van der Waals surface area contributed by atoms with Crippen molar-refractivity contribution in [2.24, 2.45) is 0 Å². The third-order valence-corrected chi connectivity index (χ3v) is 4.04. The standard InChI is InChI=1S/C18H17ClFNO3/c19-16-10-13(5-8-17(16)20)21-18(22)12-3-6-14(7-4-12)24-11-15-2-1-9-23-15/h3-8,10,15H,1-2,9,11H2,(H,21,22)/t15-/m1/s1. The molecule has 0 saturated carbocycles. The Morgan fingerprint density at radius 3 is 2.75 bits per heavy atom. The molecule has 1 atom stereocenters. The van der Waals surface area contributed by atoms with Crippen LogP contribution in [0.4, 0.5) is 10.1 Å². The second-order valence-corrected chi connectivity index (χ2v) is 5.96. The third kappa shape index (κ3) is 4.24. The normalized spacial score (nSPS) is 16.8. The van der Waals surface area contributed by atoms with Gasteiger partial charge in [0.05, 0.1) is 11.1 Å². The molecular formula is C18H17ClFNO3. The number of anilines is 1. The van der Waals surface area contributed by atoms with Gasteiger partial charge in [-0.05, 0) is 55.3 Å². The largest absolute Gasteiger partial charge is 0.491 e. The van der Waals surface area contributed by atoms with E-state index in [9.17, 15) is 9.18 Å². The number of carbonyl (C=O) groups excluding carboxylic acids is 1. The summed E-state index contributed by atoms with van der Waals surface area (Å²) < 4.78 is 24.3. The Labute approximate surface area is 144 Å². The van der Waals surface area contributed by atoms with E-state index >= 15 is 0 Å². The topological polar surface area (TPSA) is 47.6 Å². The van der Waals surface area contributed by atoms with Crippen molar-refractivity contribution in [3.05, 3.63) is 58.9 Å². The van der Waals surface area contributed by atoms with Gasteiger partial charge in [-0.1, -0.05) is 11.6 Å². The lowest BCUT2D eigenvalue weighted by Gasteiger charge is -2.12. The summed E-state index contributed by atoms with van der Waals surface area (Å²) in [6.45, 7) is 1.31. The number of carbonyl (C=O) groups is 1. The third-order valence-electron chi connectivity index (χ3n) is 3.75. The molecule has 1 amide bonds. The first-order valence-corrected chi connectivity index (χ1v) is 8.10. The molecule has 6 heteroatoms. The zero-order chi connectivity index (χ0) is 16.9. The molecule has 2 aromatic carbocycles. The number of amides is 1. The monoisotopic (exact) mass is 349 g/mol. The highest BCUT2D eigenvalue weighted by molar-refractivity contribution is 6.31. The van der Waals surface area contributed by atoms with E-state index in [1.807, 2.05) is 0 Å². The van der Waals surface area contributed by atoms with Gasteiger partial charge in [-0.3, -0.25) is 4.79 Å². The van der Waals surface area contributed by atoms with Gasteiger partial charge in [-0.15, -0.1) is 0 Å². The number of benzene rings is 2. The highest BCUT2D eigenvalue weighted by atomic mass is 35.5. The van der Waals surface area contributed by atoms with Gasteiger partial charge in [0.2, 0.25) is 0 Å². The SMILES string of the molecule is O=C(Nc1ccc(F)c(Cl)c1)c1ccc(OC[C@H]2CCCO2)cc1. The summed E-state index contributed by atoms with van der Waals surface area (Å²) >= 11 is 5.70. The highest BCUT2D eigenvalue weighted by Crippen LogP contribution is 2.21. The first-order valence-electron chi connectivity index (χ1n) is 7.73. The lowest BCUT2D eigenvalue weighted by molar-refractivity contribution is 0.0679. The van der Waals surface area contributed by atoms with E-state index in [1.165, 1.54) is 18.2 Å². The van der Waals surface area contributed by atoms with Crippen LogP contribution in [-0.4, -0.2) is 25.2 Å². The minimum absolute atomic E-state index is 0.0364. The van der Waals surface area contributed by atoms with Gasteiger partial charge in [-0.2, -0.15) is 0 Å². The van der Waals surface area contributed by atoms with Crippen LogP contribution in [0.25, 0.3) is 0 Å². The number of hydrogen-bond donors (Lipinski definition) is 1. The molecule has 0 radical (unpaired) electrons. The molecule has 1 N–H and O–H groups in total. The molecule has 126 valence electrons. The molecule has 2 aromatic rings. The Morgan fingerprint density at radius 2 is 2.08 bits per heavy atom. The second-order valence-electron chi connectivity index (χ2n) is 5.55. The summed E-state index contributed by atoms with van der Waals surface area (Å²) in [5.74, 6) is -0.141. The van der Waals surface area contributed by atoms with Crippen molar-refractivity contribution in [2.75, 3.05) is 18.5 Å². The predicted molar refractivity (Wildman–Crippen MR) is 90.3 cm³/mol. The maximum atomic E-state index is 13.1. The van der Waals surface area contributed by atoms with E-state index in [2.05, 4.69) is 5.32 Å². The van der Waals surface area contributed by atoms with Gasteiger partial charge in [0.15, 0.2) is 0 Å². The number of rotatable bonds is 5. The number of hydrogen-bond acceptors (Lipinski definition) is 3. The van der Waals surface area contributed by atoms with Gasteiger partial charge < -0.3 is 14.8 Å². The van der Waals surface area contributed by atoms with Gasteiger partial charge in [0, 0.05) is 17.9 Å². The molecule has 1 aliphatic heterocycles. The Kier molecular flexibility index (Phi) is 5.33. The maximum absolute atomic E-state index is 13.1. The Bertz CT molecular complexity index is 715. The van der Waals surface area contributed by atoms with Crippen LogP contribution in [0.15, 0.2) is 42.5 Å². The van der Waals surface area contributed by atoms with Crippen molar-refractivity contribution < 1.29 is 18.7 Å². The first-order chi connectivity index (χ1) is 11.6. The lowest BCUT2D eigenvalue weighted by Crippen LogP contribution is -2.16. The molecule has 0 aliphatic carbocycles. The fourth-order valence-electron chi connectivity index (χ4n) is 2.44. The van der Waals surface area contributed by atoms with Gasteiger partial charge in [0.25, 0.3) is 5.91 Å². The molecule has 1 saturated heterocycles. The maximum Gasteiger partial charge on any atom is 0.255 e. The first kappa shape index (κ1) is 16.7. The molecule has 3 rings (SSSR count). The number of halogens is 2. The van der Waals surface area contributed by atoms with E-state index in [0.29, 0.717) is 23.6 Å². The van der Waals surface area contributed by atoms with Crippen molar-refractivity contribution in [1.82, 2.24) is 0 Å². The van der Waals surface area contributed by atoms with Gasteiger partial charge >= 0.3 is 0 Å². The molecule has 0 bridgehead atoms. The molecule has 24 heavy (non-hydrogen) atoms. The summed E-state index contributed by atoms with van der Waals surface area (Å²) in [5.41, 5.74) is 0.907. The summed E-state index contributed by atoms with van der Waals surface area (Å²) in [7, 11) is 0. The summed E-state index contributed by atoms with van der Waals surface area (Å²) in [4.78, 5) is 12.2. The van der Waals surface area contributed by atoms with Crippen molar-refractivity contribution in [2.45, 2.75) is 18.9 Å². The van der Waals surface area contributed by atoms with Crippen LogP contribution in [-0.2, 0) is 4.74 Å². The second kappa shape index (κ2) is 7.64. The van der Waals surface area contributed by atoms with E-state index < -0.39 is 5.82 Å². The minimum Gasteiger partial charge on any atom is -0.491 e. The van der Waals surface area contributed by atoms with Crippen molar-refractivity contribution in [3.63, 3.8) is 0 Å². The predicted octanol–water partition coefficient (Wildman–Crippen LogP) is 4.29. The van der Waals surface area contributed by atoms with Crippen molar-refractivity contribution in [1.29, 1.82) is 0 Å². The number of nitrogens with one attached hydrogen (secondary N) is 1. The summed E-state index contributed by atoms with van der Waals surface area (Å²) in [5, 5.41) is 2.64. The average molecular weight is 350 g/mol. The van der Waals surface area contributed by atoms with Crippen LogP contribution in [0.1, 0.15) is 23.2 Å². The zero-order valence-electron chi connectivity index (χ0n) is 12.9. The summed E-state index contributed by atoms with van der Waals surface area (Å²) in [6, 6.07) is 10.9. The Hall–Kier alpha value is -2.11.